The number of hydrogen-bond acceptors (Lipinski definition) is 9. The second-order valence-corrected chi connectivity index (χ2v) is 14.3. The molecule has 3 heterocycles. The number of ether oxygens (including phenoxy) is 2. The van der Waals surface area contributed by atoms with Crippen LogP contribution in [-0.2, 0) is 37.3 Å². The van der Waals surface area contributed by atoms with Gasteiger partial charge in [0.25, 0.3) is 11.8 Å². The molecule has 1 aromatic heterocycles. The van der Waals surface area contributed by atoms with Crippen LogP contribution in [0.15, 0.2) is 29.2 Å². The minimum Gasteiger partial charge on any atom is -0.466 e. The number of hydrogen-bond donors (Lipinski definition) is 1. The van der Waals surface area contributed by atoms with Gasteiger partial charge in [-0.25, -0.2) is 13.2 Å². The normalized spacial score (nSPS) is 15.6. The molecule has 3 amide bonds. The van der Waals surface area contributed by atoms with E-state index in [-0.39, 0.29) is 61.1 Å². The van der Waals surface area contributed by atoms with Crippen LogP contribution in [-0.4, -0.2) is 92.3 Å². The van der Waals surface area contributed by atoms with Crippen molar-refractivity contribution in [1.82, 2.24) is 14.1 Å². The largest absolute Gasteiger partial charge is 0.466 e. The van der Waals surface area contributed by atoms with Crippen molar-refractivity contribution in [2.45, 2.75) is 71.2 Å². The maximum absolute atomic E-state index is 13.9. The fraction of sp³-hybridized carbons (Fsp3) is 0.562. The molecule has 252 valence electrons. The summed E-state index contributed by atoms with van der Waals surface area (Å²) >= 11 is 1.27. The summed E-state index contributed by atoms with van der Waals surface area (Å²) in [6.07, 6.45) is 2.38. The Hall–Kier alpha value is -3.49. The molecule has 0 aliphatic carbocycles. The summed E-state index contributed by atoms with van der Waals surface area (Å²) in [5.41, 5.74) is 1.51. The van der Waals surface area contributed by atoms with Gasteiger partial charge in [-0.1, -0.05) is 13.8 Å². The number of carbonyl (C=O) groups is 4. The molecule has 14 heteroatoms. The number of piperidine rings is 1. The van der Waals surface area contributed by atoms with Crippen molar-refractivity contribution in [3.63, 3.8) is 0 Å². The lowest BCUT2D eigenvalue weighted by atomic mass is 9.98. The summed E-state index contributed by atoms with van der Waals surface area (Å²) in [7, 11) is -3.82. The van der Waals surface area contributed by atoms with Gasteiger partial charge in [-0.05, 0) is 75.8 Å². The zero-order valence-corrected chi connectivity index (χ0v) is 28.6. The maximum Gasteiger partial charge on any atom is 0.410 e. The van der Waals surface area contributed by atoms with Gasteiger partial charge < -0.3 is 24.6 Å². The first kappa shape index (κ1) is 35.4. The van der Waals surface area contributed by atoms with Crippen LogP contribution < -0.4 is 5.32 Å². The molecule has 4 rings (SSSR count). The van der Waals surface area contributed by atoms with Gasteiger partial charge >= 0.3 is 12.1 Å². The van der Waals surface area contributed by atoms with Gasteiger partial charge in [0.05, 0.1) is 36.1 Å². The zero-order valence-electron chi connectivity index (χ0n) is 27.0. The summed E-state index contributed by atoms with van der Waals surface area (Å²) < 4.78 is 38.2. The van der Waals surface area contributed by atoms with Crippen molar-refractivity contribution in [3.8, 4) is 0 Å². The van der Waals surface area contributed by atoms with E-state index in [0.29, 0.717) is 49.5 Å². The van der Waals surface area contributed by atoms with Crippen LogP contribution in [0, 0.1) is 5.92 Å². The third-order valence-corrected chi connectivity index (χ3v) is 11.2. The highest BCUT2D eigenvalue weighted by Gasteiger charge is 2.34. The van der Waals surface area contributed by atoms with E-state index in [1.165, 1.54) is 39.9 Å². The summed E-state index contributed by atoms with van der Waals surface area (Å²) in [4.78, 5) is 56.1. The van der Waals surface area contributed by atoms with Crippen LogP contribution in [0.1, 0.15) is 84.5 Å². The molecular weight excluding hydrogens is 633 g/mol. The lowest BCUT2D eigenvalue weighted by Crippen LogP contribution is -2.40. The van der Waals surface area contributed by atoms with E-state index < -0.39 is 22.0 Å². The highest BCUT2D eigenvalue weighted by molar-refractivity contribution is 7.89. The monoisotopic (exact) mass is 676 g/mol. The van der Waals surface area contributed by atoms with Crippen LogP contribution in [0.3, 0.4) is 0 Å². The second kappa shape index (κ2) is 15.9. The zero-order chi connectivity index (χ0) is 33.4. The lowest BCUT2D eigenvalue weighted by Gasteiger charge is -2.30. The summed E-state index contributed by atoms with van der Waals surface area (Å²) in [6, 6.07) is 5.69. The van der Waals surface area contributed by atoms with Crippen molar-refractivity contribution in [1.29, 1.82) is 0 Å². The number of amides is 3. The van der Waals surface area contributed by atoms with Crippen LogP contribution in [0.4, 0.5) is 9.80 Å². The summed E-state index contributed by atoms with van der Waals surface area (Å²) in [6.45, 7) is 10.3. The number of nitrogens with zero attached hydrogens (tertiary/aromatic N) is 3. The molecular formula is C32H44N4O8S2. The third kappa shape index (κ3) is 7.89. The first-order chi connectivity index (χ1) is 22.0. The first-order valence-electron chi connectivity index (χ1n) is 16.0. The summed E-state index contributed by atoms with van der Waals surface area (Å²) in [5, 5.41) is 3.32. The highest BCUT2D eigenvalue weighted by atomic mass is 32.2. The van der Waals surface area contributed by atoms with Gasteiger partial charge in [0.1, 0.15) is 5.00 Å². The standard InChI is InChI=1S/C32H44N4O8S2/c1-5-16-34(17-6-2)30(38)27-25-15-18-35(32(40)44-8-4)21-26(25)45-29(27)33-28(37)22-9-11-24(12-10-22)46(41,42)36-19-13-23(14-20-36)31(39)43-7-3/h9-12,23H,5-8,13-21H2,1-4H3,(H,33,37). The molecule has 12 nitrogen and oxygen atoms in total. The molecule has 46 heavy (non-hydrogen) atoms. The molecule has 0 saturated carbocycles. The van der Waals surface area contributed by atoms with Gasteiger partial charge in [-0.3, -0.25) is 14.4 Å². The van der Waals surface area contributed by atoms with Crippen LogP contribution in [0.25, 0.3) is 0 Å². The SMILES string of the molecule is CCCN(CCC)C(=O)c1c(NC(=O)c2ccc(S(=O)(=O)N3CCC(C(=O)OCC)CC3)cc2)sc2c1CCN(C(=O)OCC)C2. The van der Waals surface area contributed by atoms with E-state index in [1.807, 2.05) is 13.8 Å². The smallest absolute Gasteiger partial charge is 0.410 e. The molecule has 1 fully saturated rings. The number of benzene rings is 1. The van der Waals surface area contributed by atoms with E-state index in [2.05, 4.69) is 5.32 Å². The predicted molar refractivity (Wildman–Crippen MR) is 174 cm³/mol. The number of anilines is 1. The van der Waals surface area contributed by atoms with E-state index >= 15 is 0 Å². The number of esters is 1. The molecule has 0 radical (unpaired) electrons. The first-order valence-corrected chi connectivity index (χ1v) is 18.2. The number of rotatable bonds is 12. The molecule has 2 aliphatic rings. The molecule has 1 N–H and O–H groups in total. The Labute approximate surface area is 275 Å². The number of thiophene rings is 1. The minimum absolute atomic E-state index is 0.0509. The highest BCUT2D eigenvalue weighted by Crippen LogP contribution is 2.38. The Bertz CT molecular complexity index is 1510. The lowest BCUT2D eigenvalue weighted by molar-refractivity contribution is -0.149. The predicted octanol–water partition coefficient (Wildman–Crippen LogP) is 4.74. The molecule has 2 aromatic rings. The van der Waals surface area contributed by atoms with E-state index in [9.17, 15) is 27.6 Å². The topological polar surface area (TPSA) is 143 Å². The van der Waals surface area contributed by atoms with Crippen molar-refractivity contribution < 1.29 is 37.1 Å². The van der Waals surface area contributed by atoms with Crippen molar-refractivity contribution in [2.75, 3.05) is 51.3 Å². The van der Waals surface area contributed by atoms with Crippen LogP contribution in [0.2, 0.25) is 0 Å². The fourth-order valence-corrected chi connectivity index (χ4v) is 8.52. The molecule has 2 aliphatic heterocycles. The van der Waals surface area contributed by atoms with Crippen molar-refractivity contribution >= 4 is 50.2 Å². The van der Waals surface area contributed by atoms with Gasteiger partial charge in [-0.2, -0.15) is 4.31 Å². The molecule has 0 unspecified atom stereocenters. The molecule has 0 atom stereocenters. The number of nitrogens with one attached hydrogen (secondary N) is 1. The molecule has 0 spiro atoms. The van der Waals surface area contributed by atoms with Gasteiger partial charge in [0.15, 0.2) is 0 Å². The summed E-state index contributed by atoms with van der Waals surface area (Å²) in [5.74, 6) is -1.26. The van der Waals surface area contributed by atoms with Crippen molar-refractivity contribution in [3.05, 3.63) is 45.8 Å². The Morgan fingerprint density at radius 2 is 1.57 bits per heavy atom. The maximum atomic E-state index is 13.9. The number of sulfonamides is 1. The van der Waals surface area contributed by atoms with Crippen molar-refractivity contribution in [2.24, 2.45) is 5.92 Å². The van der Waals surface area contributed by atoms with Gasteiger partial charge in [0.2, 0.25) is 10.0 Å². The fourth-order valence-electron chi connectivity index (χ4n) is 5.80. The quantitative estimate of drug-likeness (QED) is 0.318. The minimum atomic E-state index is -3.82. The Morgan fingerprint density at radius 3 is 2.15 bits per heavy atom. The van der Waals surface area contributed by atoms with E-state index in [0.717, 1.165) is 23.3 Å². The van der Waals surface area contributed by atoms with Gasteiger partial charge in [-0.15, -0.1) is 11.3 Å². The number of fused-ring (bicyclic) bond motifs is 1. The second-order valence-electron chi connectivity index (χ2n) is 11.3. The molecule has 0 bridgehead atoms. The Kier molecular flexibility index (Phi) is 12.2. The Balaban J connectivity index is 1.54. The van der Waals surface area contributed by atoms with E-state index in [4.69, 9.17) is 9.47 Å². The molecule has 1 saturated heterocycles. The average molecular weight is 677 g/mol. The van der Waals surface area contributed by atoms with Crippen LogP contribution in [0.5, 0.6) is 0 Å². The third-order valence-electron chi connectivity index (χ3n) is 8.13. The van der Waals surface area contributed by atoms with E-state index in [1.54, 1.807) is 23.6 Å². The average Bonchev–Trinajstić information content (AvgIpc) is 3.41. The van der Waals surface area contributed by atoms with Crippen LogP contribution >= 0.6 is 11.3 Å². The Morgan fingerprint density at radius 1 is 0.935 bits per heavy atom. The molecule has 1 aromatic carbocycles. The number of carbonyl (C=O) groups excluding carboxylic acids is 4. The van der Waals surface area contributed by atoms with Gasteiger partial charge in [0, 0.05) is 43.2 Å².